The lowest BCUT2D eigenvalue weighted by atomic mass is 9.90. The lowest BCUT2D eigenvalue weighted by Crippen LogP contribution is -2.45. The van der Waals surface area contributed by atoms with Gasteiger partial charge in [-0.15, -0.1) is 12.4 Å². The Kier molecular flexibility index (Phi) is 4.95. The lowest BCUT2D eigenvalue weighted by molar-refractivity contribution is 0.156. The van der Waals surface area contributed by atoms with Gasteiger partial charge >= 0.3 is 0 Å². The van der Waals surface area contributed by atoms with Gasteiger partial charge in [-0.1, -0.05) is 19.1 Å². The highest BCUT2D eigenvalue weighted by molar-refractivity contribution is 5.85. The average molecular weight is 296 g/mol. The predicted octanol–water partition coefficient (Wildman–Crippen LogP) is 3.38. The minimum atomic E-state index is 0. The Labute approximate surface area is 127 Å². The third kappa shape index (κ3) is 2.52. The Morgan fingerprint density at radius 1 is 1.40 bits per heavy atom. The first kappa shape index (κ1) is 15.2. The second-order valence-electron chi connectivity index (χ2n) is 5.14. The molecule has 0 N–H and O–H groups in total. The zero-order valence-corrected chi connectivity index (χ0v) is 12.9. The molecular formula is C16H22ClNO2. The molecule has 110 valence electrons. The molecule has 0 fully saturated rings. The summed E-state index contributed by atoms with van der Waals surface area (Å²) in [5.74, 6) is 1.88. The number of hydrogen-bond acceptors (Lipinski definition) is 3. The van der Waals surface area contributed by atoms with Crippen LogP contribution in [-0.4, -0.2) is 37.7 Å². The summed E-state index contributed by atoms with van der Waals surface area (Å²) >= 11 is 0. The van der Waals surface area contributed by atoms with E-state index in [-0.39, 0.29) is 12.4 Å². The van der Waals surface area contributed by atoms with Crippen LogP contribution in [0.3, 0.4) is 0 Å². The molecule has 0 bridgehead atoms. The minimum Gasteiger partial charge on any atom is -0.496 e. The van der Waals surface area contributed by atoms with Gasteiger partial charge in [0.15, 0.2) is 0 Å². The molecule has 1 aromatic carbocycles. The molecular weight excluding hydrogens is 274 g/mol. The van der Waals surface area contributed by atoms with Gasteiger partial charge < -0.3 is 9.47 Å². The summed E-state index contributed by atoms with van der Waals surface area (Å²) in [6, 6.07) is 6.43. The van der Waals surface area contributed by atoms with Crippen LogP contribution < -0.4 is 9.47 Å². The molecule has 1 unspecified atom stereocenters. The Morgan fingerprint density at radius 3 is 3.00 bits per heavy atom. The molecule has 3 nitrogen and oxygen atoms in total. The summed E-state index contributed by atoms with van der Waals surface area (Å²) in [5.41, 5.74) is 2.54. The normalized spacial score (nSPS) is 20.9. The van der Waals surface area contributed by atoms with Gasteiger partial charge in [-0.25, -0.2) is 0 Å². The fourth-order valence-electron chi connectivity index (χ4n) is 3.15. The number of nitrogens with zero attached hydrogens (tertiary/aromatic N) is 1. The molecule has 2 aliphatic heterocycles. The van der Waals surface area contributed by atoms with E-state index in [1.807, 2.05) is 18.2 Å². The van der Waals surface area contributed by atoms with Gasteiger partial charge in [-0.3, -0.25) is 4.90 Å². The molecule has 4 heteroatoms. The van der Waals surface area contributed by atoms with Crippen molar-refractivity contribution in [3.63, 3.8) is 0 Å². The molecule has 0 amide bonds. The largest absolute Gasteiger partial charge is 0.496 e. The molecule has 0 radical (unpaired) electrons. The minimum absolute atomic E-state index is 0. The fourth-order valence-corrected chi connectivity index (χ4v) is 3.15. The van der Waals surface area contributed by atoms with Crippen LogP contribution in [0.1, 0.15) is 25.3 Å². The smallest absolute Gasteiger partial charge is 0.130 e. The first-order valence-corrected chi connectivity index (χ1v) is 7.09. The van der Waals surface area contributed by atoms with Crippen molar-refractivity contribution in [3.8, 4) is 11.5 Å². The topological polar surface area (TPSA) is 21.7 Å². The van der Waals surface area contributed by atoms with Gasteiger partial charge in [0.05, 0.1) is 18.7 Å². The van der Waals surface area contributed by atoms with E-state index in [2.05, 4.69) is 17.9 Å². The van der Waals surface area contributed by atoms with Crippen LogP contribution in [0.15, 0.2) is 24.3 Å². The van der Waals surface area contributed by atoms with Gasteiger partial charge in [-0.2, -0.15) is 0 Å². The van der Waals surface area contributed by atoms with Gasteiger partial charge in [-0.05, 0) is 37.1 Å². The van der Waals surface area contributed by atoms with Gasteiger partial charge in [0.2, 0.25) is 0 Å². The SMILES string of the molecule is CCCN1CCC=C2c3c(OC)cccc3OCC21.Cl. The van der Waals surface area contributed by atoms with Crippen molar-refractivity contribution in [2.45, 2.75) is 25.8 Å². The van der Waals surface area contributed by atoms with Gasteiger partial charge in [0.1, 0.15) is 18.1 Å². The van der Waals surface area contributed by atoms with E-state index in [0.717, 1.165) is 43.2 Å². The summed E-state index contributed by atoms with van der Waals surface area (Å²) in [4.78, 5) is 2.53. The highest BCUT2D eigenvalue weighted by atomic mass is 35.5. The van der Waals surface area contributed by atoms with Crippen molar-refractivity contribution in [3.05, 3.63) is 29.8 Å². The standard InChI is InChI=1S/C16H21NO2.ClH/c1-3-9-17-10-5-6-12-13(17)11-19-15-8-4-7-14(18-2)16(12)15;/h4,6-8,13H,3,5,9-11H2,1-2H3;1H. The highest BCUT2D eigenvalue weighted by Crippen LogP contribution is 2.42. The van der Waals surface area contributed by atoms with Crippen LogP contribution in [0.2, 0.25) is 0 Å². The number of fused-ring (bicyclic) bond motifs is 3. The zero-order chi connectivity index (χ0) is 13.2. The van der Waals surface area contributed by atoms with Crippen LogP contribution >= 0.6 is 12.4 Å². The van der Waals surface area contributed by atoms with Crippen molar-refractivity contribution < 1.29 is 9.47 Å². The first-order chi connectivity index (χ1) is 9.35. The van der Waals surface area contributed by atoms with Crippen molar-refractivity contribution in [2.24, 2.45) is 0 Å². The summed E-state index contributed by atoms with van der Waals surface area (Å²) in [6.45, 7) is 5.26. The van der Waals surface area contributed by atoms with E-state index in [1.165, 1.54) is 12.0 Å². The number of benzene rings is 1. The summed E-state index contributed by atoms with van der Waals surface area (Å²) < 4.78 is 11.5. The predicted molar refractivity (Wildman–Crippen MR) is 84.0 cm³/mol. The molecule has 20 heavy (non-hydrogen) atoms. The maximum Gasteiger partial charge on any atom is 0.130 e. The van der Waals surface area contributed by atoms with E-state index >= 15 is 0 Å². The van der Waals surface area contributed by atoms with Gasteiger partial charge in [0, 0.05) is 6.54 Å². The van der Waals surface area contributed by atoms with E-state index in [1.54, 1.807) is 7.11 Å². The van der Waals surface area contributed by atoms with Crippen molar-refractivity contribution >= 4 is 18.0 Å². The average Bonchev–Trinajstić information content (AvgIpc) is 2.47. The molecule has 0 aromatic heterocycles. The fraction of sp³-hybridized carbons (Fsp3) is 0.500. The maximum absolute atomic E-state index is 5.95. The number of rotatable bonds is 3. The van der Waals surface area contributed by atoms with E-state index in [0.29, 0.717) is 6.04 Å². The number of halogens is 1. The molecule has 0 aliphatic carbocycles. The molecule has 0 saturated carbocycles. The highest BCUT2D eigenvalue weighted by Gasteiger charge is 2.33. The van der Waals surface area contributed by atoms with Crippen LogP contribution in [0, 0.1) is 0 Å². The first-order valence-electron chi connectivity index (χ1n) is 7.09. The Bertz CT molecular complexity index is 487. The van der Waals surface area contributed by atoms with E-state index < -0.39 is 0 Å². The van der Waals surface area contributed by atoms with Gasteiger partial charge in [0.25, 0.3) is 0 Å². The monoisotopic (exact) mass is 295 g/mol. The summed E-state index contributed by atoms with van der Waals surface area (Å²) in [5, 5.41) is 0. The van der Waals surface area contributed by atoms with Crippen LogP contribution in [0.4, 0.5) is 0 Å². The van der Waals surface area contributed by atoms with Crippen molar-refractivity contribution in [2.75, 3.05) is 26.8 Å². The number of methoxy groups -OCH3 is 1. The molecule has 0 saturated heterocycles. The zero-order valence-electron chi connectivity index (χ0n) is 12.1. The van der Waals surface area contributed by atoms with Crippen LogP contribution in [-0.2, 0) is 0 Å². The Hall–Kier alpha value is -1.19. The Balaban J connectivity index is 0.00000147. The second-order valence-corrected chi connectivity index (χ2v) is 5.14. The van der Waals surface area contributed by atoms with E-state index in [9.17, 15) is 0 Å². The van der Waals surface area contributed by atoms with Crippen LogP contribution in [0.25, 0.3) is 5.57 Å². The molecule has 0 spiro atoms. The van der Waals surface area contributed by atoms with E-state index in [4.69, 9.17) is 9.47 Å². The third-order valence-electron chi connectivity index (χ3n) is 3.98. The molecule has 2 heterocycles. The summed E-state index contributed by atoms with van der Waals surface area (Å²) in [7, 11) is 1.73. The second kappa shape index (κ2) is 6.51. The molecule has 1 aromatic rings. The lowest BCUT2D eigenvalue weighted by Gasteiger charge is -2.40. The third-order valence-corrected chi connectivity index (χ3v) is 3.98. The maximum atomic E-state index is 5.95. The molecule has 2 aliphatic rings. The Morgan fingerprint density at radius 2 is 2.25 bits per heavy atom. The molecule has 3 rings (SSSR count). The number of hydrogen-bond donors (Lipinski definition) is 0. The molecule has 1 atom stereocenters. The number of ether oxygens (including phenoxy) is 2. The van der Waals surface area contributed by atoms with Crippen LogP contribution in [0.5, 0.6) is 11.5 Å². The van der Waals surface area contributed by atoms with Crippen molar-refractivity contribution in [1.29, 1.82) is 0 Å². The summed E-state index contributed by atoms with van der Waals surface area (Å²) in [6.07, 6.45) is 4.66. The van der Waals surface area contributed by atoms with Crippen molar-refractivity contribution in [1.82, 2.24) is 4.90 Å². The quantitative estimate of drug-likeness (QED) is 0.853.